The van der Waals surface area contributed by atoms with E-state index in [1.165, 1.54) is 11.3 Å². The van der Waals surface area contributed by atoms with Crippen molar-refractivity contribution >= 4 is 39.3 Å². The number of unbranched alkanes of at least 4 members (excludes halogenated alkanes) is 1. The topological polar surface area (TPSA) is 79.1 Å². The zero-order chi connectivity index (χ0) is 28.1. The Balaban J connectivity index is 1.85. The highest BCUT2D eigenvalue weighted by Gasteiger charge is 2.33. The third-order valence-electron chi connectivity index (χ3n) is 6.07. The summed E-state index contributed by atoms with van der Waals surface area (Å²) in [5.41, 5.74) is 2.27. The van der Waals surface area contributed by atoms with Crippen LogP contribution in [-0.2, 0) is 9.53 Å². The van der Waals surface area contributed by atoms with Crippen LogP contribution < -0.4 is 24.4 Å². The summed E-state index contributed by atoms with van der Waals surface area (Å²) in [4.78, 5) is 32.3. The lowest BCUT2D eigenvalue weighted by molar-refractivity contribution is -0.143. The van der Waals surface area contributed by atoms with Crippen LogP contribution in [0.2, 0.25) is 0 Å². The van der Waals surface area contributed by atoms with Crippen molar-refractivity contribution in [1.82, 2.24) is 4.57 Å². The fourth-order valence-electron chi connectivity index (χ4n) is 4.36. The van der Waals surface area contributed by atoms with Crippen LogP contribution in [0, 0.1) is 0 Å². The third-order valence-corrected chi connectivity index (χ3v) is 7.65. The number of halogens is 1. The minimum absolute atomic E-state index is 0.229. The molecular formula is C30H33BrN2O5S. The van der Waals surface area contributed by atoms with Gasteiger partial charge < -0.3 is 14.2 Å². The van der Waals surface area contributed by atoms with Crippen molar-refractivity contribution in [2.24, 2.45) is 4.99 Å². The van der Waals surface area contributed by atoms with E-state index >= 15 is 0 Å². The Bertz CT molecular complexity index is 1560. The first-order valence-corrected chi connectivity index (χ1v) is 14.7. The Morgan fingerprint density at radius 3 is 2.59 bits per heavy atom. The second kappa shape index (κ2) is 12.8. The Morgan fingerprint density at radius 1 is 1.18 bits per heavy atom. The minimum atomic E-state index is -0.643. The molecule has 39 heavy (non-hydrogen) atoms. The number of thiazole rings is 1. The van der Waals surface area contributed by atoms with Gasteiger partial charge in [-0.25, -0.2) is 9.79 Å². The van der Waals surface area contributed by atoms with Crippen LogP contribution >= 0.6 is 27.3 Å². The zero-order valence-corrected chi connectivity index (χ0v) is 25.2. The summed E-state index contributed by atoms with van der Waals surface area (Å²) < 4.78 is 20.2. The molecule has 1 atom stereocenters. The van der Waals surface area contributed by atoms with E-state index in [0.717, 1.165) is 28.4 Å². The maximum absolute atomic E-state index is 13.9. The summed E-state index contributed by atoms with van der Waals surface area (Å²) in [6.45, 7) is 10.5. The molecular weight excluding hydrogens is 580 g/mol. The van der Waals surface area contributed by atoms with Crippen molar-refractivity contribution < 1.29 is 19.0 Å². The lowest BCUT2D eigenvalue weighted by Gasteiger charge is -2.25. The van der Waals surface area contributed by atoms with E-state index in [0.29, 0.717) is 45.3 Å². The molecule has 206 valence electrons. The van der Waals surface area contributed by atoms with Gasteiger partial charge >= 0.3 is 5.97 Å². The van der Waals surface area contributed by atoms with Gasteiger partial charge in [-0.05, 0) is 79.4 Å². The highest BCUT2D eigenvalue weighted by molar-refractivity contribution is 9.10. The molecule has 7 nitrogen and oxygen atoms in total. The Kier molecular flexibility index (Phi) is 9.45. The molecule has 0 fully saturated rings. The Hall–Kier alpha value is -3.17. The molecule has 9 heteroatoms. The van der Waals surface area contributed by atoms with Gasteiger partial charge in [-0.3, -0.25) is 9.36 Å². The molecule has 0 radical (unpaired) electrons. The number of hydrogen-bond donors (Lipinski definition) is 0. The molecule has 1 aliphatic heterocycles. The van der Waals surface area contributed by atoms with Gasteiger partial charge in [0.2, 0.25) is 0 Å². The molecule has 0 saturated carbocycles. The number of rotatable bonds is 10. The third kappa shape index (κ3) is 6.36. The highest BCUT2D eigenvalue weighted by Crippen LogP contribution is 2.37. The normalized spacial score (nSPS) is 15.3. The first-order chi connectivity index (χ1) is 18.7. The monoisotopic (exact) mass is 612 g/mol. The molecule has 1 aliphatic rings. The second-order valence-corrected chi connectivity index (χ2v) is 11.3. The molecule has 0 saturated heterocycles. The molecule has 2 aromatic carbocycles. The summed E-state index contributed by atoms with van der Waals surface area (Å²) >= 11 is 4.91. The number of fused-ring (bicyclic) bond motifs is 1. The number of carbonyl (C=O) groups excluding carboxylic acids is 1. The number of carbonyl (C=O) groups is 1. The molecule has 2 heterocycles. The zero-order valence-electron chi connectivity index (χ0n) is 22.8. The molecule has 4 rings (SSSR count). The van der Waals surface area contributed by atoms with Gasteiger partial charge in [0.1, 0.15) is 0 Å². The molecule has 3 aromatic rings. The van der Waals surface area contributed by atoms with Crippen molar-refractivity contribution in [3.63, 3.8) is 0 Å². The fraction of sp³-hybridized carbons (Fsp3) is 0.367. The molecule has 0 N–H and O–H groups in total. The molecule has 0 aliphatic carbocycles. The van der Waals surface area contributed by atoms with Crippen molar-refractivity contribution in [3.8, 4) is 11.5 Å². The van der Waals surface area contributed by atoms with Gasteiger partial charge in [-0.15, -0.1) is 0 Å². The quantitative estimate of drug-likeness (QED) is 0.222. The number of aromatic nitrogens is 1. The summed E-state index contributed by atoms with van der Waals surface area (Å²) in [6, 6.07) is 12.6. The van der Waals surface area contributed by atoms with Gasteiger partial charge in [0.05, 0.1) is 45.6 Å². The first-order valence-electron chi connectivity index (χ1n) is 13.1. The molecule has 0 spiro atoms. The number of hydrogen-bond acceptors (Lipinski definition) is 7. The summed E-state index contributed by atoms with van der Waals surface area (Å²) in [5.74, 6) is 0.786. The van der Waals surface area contributed by atoms with Crippen LogP contribution in [0.4, 0.5) is 0 Å². The van der Waals surface area contributed by atoms with Gasteiger partial charge in [-0.1, -0.05) is 55.0 Å². The van der Waals surface area contributed by atoms with Gasteiger partial charge in [0.15, 0.2) is 16.3 Å². The van der Waals surface area contributed by atoms with Crippen LogP contribution in [0.25, 0.3) is 6.08 Å². The predicted molar refractivity (Wildman–Crippen MR) is 157 cm³/mol. The van der Waals surface area contributed by atoms with Crippen LogP contribution in [0.5, 0.6) is 11.5 Å². The van der Waals surface area contributed by atoms with E-state index in [1.54, 1.807) is 25.3 Å². The summed E-state index contributed by atoms with van der Waals surface area (Å²) in [5, 5.41) is 0. The van der Waals surface area contributed by atoms with Crippen molar-refractivity contribution in [2.75, 3.05) is 13.2 Å². The van der Waals surface area contributed by atoms with E-state index in [-0.39, 0.29) is 11.7 Å². The van der Waals surface area contributed by atoms with E-state index in [1.807, 2.05) is 55.5 Å². The van der Waals surface area contributed by atoms with E-state index in [4.69, 9.17) is 14.2 Å². The summed E-state index contributed by atoms with van der Waals surface area (Å²) in [6.07, 6.45) is 3.49. The summed E-state index contributed by atoms with van der Waals surface area (Å²) in [7, 11) is 0. The van der Waals surface area contributed by atoms with Crippen LogP contribution in [0.1, 0.15) is 64.6 Å². The van der Waals surface area contributed by atoms with Gasteiger partial charge in [0, 0.05) is 0 Å². The number of ether oxygens (including phenoxy) is 3. The van der Waals surface area contributed by atoms with Crippen LogP contribution in [0.3, 0.4) is 0 Å². The van der Waals surface area contributed by atoms with Crippen LogP contribution in [-0.4, -0.2) is 29.9 Å². The maximum atomic E-state index is 13.9. The number of benzene rings is 2. The van der Waals surface area contributed by atoms with Crippen molar-refractivity contribution in [1.29, 1.82) is 0 Å². The van der Waals surface area contributed by atoms with Crippen molar-refractivity contribution in [3.05, 3.63) is 89.0 Å². The van der Waals surface area contributed by atoms with Gasteiger partial charge in [-0.2, -0.15) is 0 Å². The number of allylic oxidation sites excluding steroid dienone is 1. The Labute approximate surface area is 240 Å². The largest absolute Gasteiger partial charge is 0.490 e. The minimum Gasteiger partial charge on any atom is -0.490 e. The maximum Gasteiger partial charge on any atom is 0.338 e. The SMILES string of the molecule is CCCCOc1c(Br)cc(C=c2sc3n(c2=O)C(c2ccccc2)C(C(=O)OC(C)C)=C(C)N=3)cc1OCC. The first kappa shape index (κ1) is 28.8. The smallest absolute Gasteiger partial charge is 0.338 e. The van der Waals surface area contributed by atoms with Crippen LogP contribution in [0.15, 0.2) is 68.0 Å². The van der Waals surface area contributed by atoms with E-state index in [2.05, 4.69) is 27.8 Å². The lowest BCUT2D eigenvalue weighted by atomic mass is 9.96. The number of esters is 1. The highest BCUT2D eigenvalue weighted by atomic mass is 79.9. The van der Waals surface area contributed by atoms with Crippen molar-refractivity contribution in [2.45, 2.75) is 59.6 Å². The lowest BCUT2D eigenvalue weighted by Crippen LogP contribution is -2.40. The predicted octanol–water partition coefficient (Wildman–Crippen LogP) is 5.53. The second-order valence-electron chi connectivity index (χ2n) is 9.41. The average Bonchev–Trinajstić information content (AvgIpc) is 3.19. The van der Waals surface area contributed by atoms with E-state index < -0.39 is 12.0 Å². The molecule has 1 unspecified atom stereocenters. The Morgan fingerprint density at radius 2 is 1.92 bits per heavy atom. The number of nitrogens with zero attached hydrogens (tertiary/aromatic N) is 2. The molecule has 0 bridgehead atoms. The van der Waals surface area contributed by atoms with E-state index in [9.17, 15) is 9.59 Å². The molecule has 0 amide bonds. The average molecular weight is 614 g/mol. The fourth-order valence-corrected chi connectivity index (χ4v) is 5.98. The molecule has 1 aromatic heterocycles. The standard InChI is InChI=1S/C30H33BrN2O5S/c1-6-8-14-37-27-22(31)15-20(16-23(27)36-7-2)17-24-28(34)33-26(21-12-10-9-11-13-21)25(29(35)38-18(3)4)19(5)32-30(33)39-24/h9-13,15-18,26H,6-8,14H2,1-5H3. The van der Waals surface area contributed by atoms with Gasteiger partial charge in [0.25, 0.3) is 5.56 Å².